The van der Waals surface area contributed by atoms with E-state index in [-0.39, 0.29) is 6.61 Å². The van der Waals surface area contributed by atoms with Crippen molar-refractivity contribution in [3.63, 3.8) is 0 Å². The first-order chi connectivity index (χ1) is 6.20. The molecular formula is C8H12O5. The predicted octanol–water partition coefficient (Wildman–Crippen LogP) is 0.253. The molecule has 5 heteroatoms. The van der Waals surface area contributed by atoms with Gasteiger partial charge in [-0.05, 0) is 6.92 Å². The molecule has 0 radical (unpaired) electrons. The van der Waals surface area contributed by atoms with Crippen LogP contribution in [-0.2, 0) is 23.8 Å². The molecule has 0 rings (SSSR count). The molecule has 5 nitrogen and oxygen atoms in total. The van der Waals surface area contributed by atoms with Crippen molar-refractivity contribution in [3.05, 3.63) is 12.3 Å². The molecule has 0 heterocycles. The first-order valence-electron chi connectivity index (χ1n) is 3.72. The van der Waals surface area contributed by atoms with Crippen molar-refractivity contribution in [2.45, 2.75) is 6.92 Å². The lowest BCUT2D eigenvalue weighted by Crippen LogP contribution is -2.10. The van der Waals surface area contributed by atoms with Gasteiger partial charge in [0.1, 0.15) is 0 Å². The van der Waals surface area contributed by atoms with Crippen LogP contribution in [-0.4, -0.2) is 32.3 Å². The van der Waals surface area contributed by atoms with Crippen molar-refractivity contribution < 1.29 is 23.8 Å². The molecule has 0 atom stereocenters. The Balaban J connectivity index is 3.49. The molecule has 0 bridgehead atoms. The number of esters is 2. The van der Waals surface area contributed by atoms with Crippen molar-refractivity contribution in [2.75, 3.05) is 20.3 Å². The van der Waals surface area contributed by atoms with Crippen molar-refractivity contribution in [2.24, 2.45) is 0 Å². The highest BCUT2D eigenvalue weighted by atomic mass is 16.6. The van der Waals surface area contributed by atoms with Gasteiger partial charge in [-0.1, -0.05) is 0 Å². The van der Waals surface area contributed by atoms with Crippen LogP contribution in [0.25, 0.3) is 0 Å². The minimum absolute atomic E-state index is 0.207. The number of carbonyl (C=O) groups excluding carboxylic acids is 2. The summed E-state index contributed by atoms with van der Waals surface area (Å²) in [5, 5.41) is 0. The third kappa shape index (κ3) is 6.86. The quantitative estimate of drug-likeness (QED) is 0.351. The second-order valence-corrected chi connectivity index (χ2v) is 1.94. The van der Waals surface area contributed by atoms with Crippen LogP contribution in [0.1, 0.15) is 6.92 Å². The molecule has 0 aliphatic rings. The van der Waals surface area contributed by atoms with Crippen molar-refractivity contribution in [1.82, 2.24) is 0 Å². The van der Waals surface area contributed by atoms with Crippen molar-refractivity contribution in [1.29, 1.82) is 0 Å². The topological polar surface area (TPSA) is 61.8 Å². The Labute approximate surface area is 76.3 Å². The number of ether oxygens (including phenoxy) is 3. The van der Waals surface area contributed by atoms with Gasteiger partial charge in [0.05, 0.1) is 26.1 Å². The third-order valence-corrected chi connectivity index (χ3v) is 1.01. The lowest BCUT2D eigenvalue weighted by Gasteiger charge is -1.99. The van der Waals surface area contributed by atoms with Crippen LogP contribution in [0.3, 0.4) is 0 Å². The van der Waals surface area contributed by atoms with Crippen molar-refractivity contribution >= 4 is 11.9 Å². The molecule has 0 aromatic heterocycles. The third-order valence-electron chi connectivity index (χ3n) is 1.01. The summed E-state index contributed by atoms with van der Waals surface area (Å²) in [5.74, 6) is -1.01. The standard InChI is InChI=1S/C8H12O5/c1-3-13-8(10)6-12-5-4-7(9)11-2/h4-5H,3,6H2,1-2H3/b5-4+. The lowest BCUT2D eigenvalue weighted by molar-refractivity contribution is -0.146. The summed E-state index contributed by atoms with van der Waals surface area (Å²) in [6.45, 7) is 1.80. The average Bonchev–Trinajstić information content (AvgIpc) is 2.12. The fourth-order valence-corrected chi connectivity index (χ4v) is 0.491. The zero-order chi connectivity index (χ0) is 10.1. The molecule has 0 spiro atoms. The average molecular weight is 188 g/mol. The predicted molar refractivity (Wildman–Crippen MR) is 43.7 cm³/mol. The van der Waals surface area contributed by atoms with E-state index in [0.29, 0.717) is 6.61 Å². The van der Waals surface area contributed by atoms with Gasteiger partial charge in [-0.15, -0.1) is 0 Å². The fourth-order valence-electron chi connectivity index (χ4n) is 0.491. The van der Waals surface area contributed by atoms with Crippen LogP contribution in [0.5, 0.6) is 0 Å². The summed E-state index contributed by atoms with van der Waals surface area (Å²) in [6, 6.07) is 0. The molecule has 0 N–H and O–H groups in total. The van der Waals surface area contributed by atoms with Gasteiger partial charge in [0, 0.05) is 0 Å². The highest BCUT2D eigenvalue weighted by Gasteiger charge is 1.99. The van der Waals surface area contributed by atoms with E-state index in [4.69, 9.17) is 0 Å². The second-order valence-electron chi connectivity index (χ2n) is 1.94. The smallest absolute Gasteiger partial charge is 0.344 e. The highest BCUT2D eigenvalue weighted by Crippen LogP contribution is 1.84. The van der Waals surface area contributed by atoms with Gasteiger partial charge in [0.25, 0.3) is 0 Å². The van der Waals surface area contributed by atoms with Gasteiger partial charge < -0.3 is 14.2 Å². The van der Waals surface area contributed by atoms with Gasteiger partial charge in [-0.3, -0.25) is 0 Å². The van der Waals surface area contributed by atoms with Gasteiger partial charge in [-0.2, -0.15) is 0 Å². The molecule has 0 aliphatic heterocycles. The molecule has 0 aliphatic carbocycles. The molecule has 74 valence electrons. The Morgan fingerprint density at radius 1 is 1.38 bits per heavy atom. The zero-order valence-electron chi connectivity index (χ0n) is 7.61. The minimum Gasteiger partial charge on any atom is -0.489 e. The second kappa shape index (κ2) is 7.15. The molecular weight excluding hydrogens is 176 g/mol. The maximum atomic E-state index is 10.7. The Bertz CT molecular complexity index is 197. The van der Waals surface area contributed by atoms with Crippen LogP contribution in [0.4, 0.5) is 0 Å². The maximum absolute atomic E-state index is 10.7. The molecule has 0 unspecified atom stereocenters. The number of hydrogen-bond acceptors (Lipinski definition) is 5. The molecule has 0 amide bonds. The van der Waals surface area contributed by atoms with E-state index in [1.165, 1.54) is 7.11 Å². The number of carbonyl (C=O) groups is 2. The molecule has 0 saturated heterocycles. The Morgan fingerprint density at radius 3 is 2.62 bits per heavy atom. The van der Waals surface area contributed by atoms with Gasteiger partial charge >= 0.3 is 11.9 Å². The van der Waals surface area contributed by atoms with Crippen LogP contribution < -0.4 is 0 Å². The largest absolute Gasteiger partial charge is 0.489 e. The number of rotatable bonds is 5. The lowest BCUT2D eigenvalue weighted by atomic mass is 10.6. The van der Waals surface area contributed by atoms with E-state index in [9.17, 15) is 9.59 Å². The van der Waals surface area contributed by atoms with Gasteiger partial charge in [-0.25, -0.2) is 9.59 Å². The van der Waals surface area contributed by atoms with E-state index in [1.807, 2.05) is 0 Å². The Kier molecular flexibility index (Phi) is 6.31. The summed E-state index contributed by atoms with van der Waals surface area (Å²) in [5.41, 5.74) is 0. The summed E-state index contributed by atoms with van der Waals surface area (Å²) in [7, 11) is 1.25. The summed E-state index contributed by atoms with van der Waals surface area (Å²) >= 11 is 0. The van der Waals surface area contributed by atoms with Gasteiger partial charge in [0.15, 0.2) is 6.61 Å². The Morgan fingerprint density at radius 2 is 2.08 bits per heavy atom. The van der Waals surface area contributed by atoms with E-state index in [0.717, 1.165) is 12.3 Å². The first kappa shape index (κ1) is 11.5. The van der Waals surface area contributed by atoms with E-state index < -0.39 is 11.9 Å². The summed E-state index contributed by atoms with van der Waals surface area (Å²) in [4.78, 5) is 21.1. The zero-order valence-corrected chi connectivity index (χ0v) is 7.61. The highest BCUT2D eigenvalue weighted by molar-refractivity contribution is 5.81. The van der Waals surface area contributed by atoms with E-state index in [1.54, 1.807) is 6.92 Å². The van der Waals surface area contributed by atoms with E-state index in [2.05, 4.69) is 14.2 Å². The summed E-state index contributed by atoms with van der Waals surface area (Å²) < 4.78 is 13.5. The van der Waals surface area contributed by atoms with Crippen molar-refractivity contribution in [3.8, 4) is 0 Å². The molecule has 13 heavy (non-hydrogen) atoms. The van der Waals surface area contributed by atoms with Crippen LogP contribution in [0.2, 0.25) is 0 Å². The van der Waals surface area contributed by atoms with Crippen LogP contribution in [0, 0.1) is 0 Å². The molecule has 0 fully saturated rings. The Hall–Kier alpha value is -1.52. The van der Waals surface area contributed by atoms with Crippen LogP contribution >= 0.6 is 0 Å². The molecule has 0 aromatic carbocycles. The molecule has 0 aromatic rings. The first-order valence-corrected chi connectivity index (χ1v) is 3.72. The minimum atomic E-state index is -0.538. The normalized spacial score (nSPS) is 9.69. The van der Waals surface area contributed by atoms with E-state index >= 15 is 0 Å². The summed E-state index contributed by atoms with van der Waals surface area (Å²) in [6.07, 6.45) is 2.15. The molecule has 0 saturated carbocycles. The number of hydrogen-bond donors (Lipinski definition) is 0. The number of methoxy groups -OCH3 is 1. The SMILES string of the molecule is CCOC(=O)CO/C=C/C(=O)OC. The monoisotopic (exact) mass is 188 g/mol. The fraction of sp³-hybridized carbons (Fsp3) is 0.500. The van der Waals surface area contributed by atoms with Gasteiger partial charge in [0.2, 0.25) is 0 Å². The van der Waals surface area contributed by atoms with Crippen LogP contribution in [0.15, 0.2) is 12.3 Å². The maximum Gasteiger partial charge on any atom is 0.344 e.